The van der Waals surface area contributed by atoms with Crippen LogP contribution < -0.4 is 9.80 Å². The van der Waals surface area contributed by atoms with Crippen LogP contribution in [-0.2, 0) is 18.3 Å². The van der Waals surface area contributed by atoms with E-state index in [1.807, 2.05) is 30.3 Å². The molecule has 4 heterocycles. The van der Waals surface area contributed by atoms with E-state index in [4.69, 9.17) is 14.7 Å². The molecule has 0 radical (unpaired) electrons. The van der Waals surface area contributed by atoms with Crippen LogP contribution in [0.15, 0.2) is 18.6 Å². The Morgan fingerprint density at radius 1 is 0.967 bits per heavy atom. The highest BCUT2D eigenvalue weighted by atomic mass is 35.5. The van der Waals surface area contributed by atoms with Gasteiger partial charge in [0.1, 0.15) is 0 Å². The monoisotopic (exact) mass is 435 g/mol. The molecule has 2 fully saturated rings. The fraction of sp³-hybridized carbons (Fsp3) is 0.667. The van der Waals surface area contributed by atoms with Crippen LogP contribution in [0.3, 0.4) is 0 Å². The second-order valence-corrected chi connectivity index (χ2v) is 8.23. The number of anilines is 2. The number of aryl methyl sites for hydroxylation is 1. The summed E-state index contributed by atoms with van der Waals surface area (Å²) in [5.74, 6) is 2.74. The lowest BCUT2D eigenvalue weighted by Gasteiger charge is -2.38. The van der Waals surface area contributed by atoms with Crippen LogP contribution in [0.2, 0.25) is 0 Å². The molecule has 0 saturated carbocycles. The number of rotatable bonds is 6. The second kappa shape index (κ2) is 10.4. The van der Waals surface area contributed by atoms with E-state index in [1.54, 1.807) is 7.11 Å². The van der Waals surface area contributed by atoms with Crippen molar-refractivity contribution in [3.63, 3.8) is 0 Å². The van der Waals surface area contributed by atoms with E-state index in [1.165, 1.54) is 11.3 Å². The van der Waals surface area contributed by atoms with Crippen LogP contribution >= 0.6 is 12.4 Å². The average molecular weight is 436 g/mol. The SMILES string of the molecule is COCC1CCN(c2nccnc2N2CCN(Cc3cnn(C)c3C)CC2)CC1.Cl. The molecule has 0 atom stereocenters. The Kier molecular flexibility index (Phi) is 7.91. The van der Waals surface area contributed by atoms with Crippen molar-refractivity contribution in [3.8, 4) is 0 Å². The number of piperidine rings is 1. The lowest BCUT2D eigenvalue weighted by molar-refractivity contribution is 0.139. The maximum Gasteiger partial charge on any atom is 0.172 e. The average Bonchev–Trinajstić information content (AvgIpc) is 3.07. The van der Waals surface area contributed by atoms with Gasteiger partial charge in [0.15, 0.2) is 11.6 Å². The Morgan fingerprint density at radius 3 is 2.10 bits per heavy atom. The Morgan fingerprint density at radius 2 is 1.57 bits per heavy atom. The zero-order valence-corrected chi connectivity index (χ0v) is 19.1. The standard InChI is InChI=1S/C21H33N7O.ClH/c1-17-19(14-24-25(17)2)15-26-10-12-28(13-11-26)21-20(22-6-7-23-21)27-8-4-18(5-9-27)16-29-3;/h6-7,14,18H,4-5,8-13,15-16H2,1-3H3;1H. The van der Waals surface area contributed by atoms with Crippen molar-refractivity contribution in [2.24, 2.45) is 13.0 Å². The summed E-state index contributed by atoms with van der Waals surface area (Å²) in [7, 11) is 3.80. The van der Waals surface area contributed by atoms with Crippen molar-refractivity contribution in [2.45, 2.75) is 26.3 Å². The van der Waals surface area contributed by atoms with Gasteiger partial charge in [0.05, 0.1) is 6.20 Å². The lowest BCUT2D eigenvalue weighted by Crippen LogP contribution is -2.47. The summed E-state index contributed by atoms with van der Waals surface area (Å²) in [5, 5.41) is 4.37. The van der Waals surface area contributed by atoms with E-state index in [9.17, 15) is 0 Å². The largest absolute Gasteiger partial charge is 0.384 e. The minimum Gasteiger partial charge on any atom is -0.384 e. The van der Waals surface area contributed by atoms with Gasteiger partial charge in [-0.25, -0.2) is 9.97 Å². The van der Waals surface area contributed by atoms with Gasteiger partial charge in [-0.1, -0.05) is 0 Å². The first kappa shape index (κ1) is 22.8. The van der Waals surface area contributed by atoms with Crippen molar-refractivity contribution in [1.82, 2.24) is 24.6 Å². The Hall–Kier alpha value is -1.90. The number of methoxy groups -OCH3 is 1. The summed E-state index contributed by atoms with van der Waals surface area (Å²) < 4.78 is 7.29. The first-order valence-corrected chi connectivity index (χ1v) is 10.7. The highest BCUT2D eigenvalue weighted by Gasteiger charge is 2.26. The zero-order chi connectivity index (χ0) is 20.2. The molecule has 0 spiro atoms. The van der Waals surface area contributed by atoms with Gasteiger partial charge in [-0.3, -0.25) is 9.58 Å². The lowest BCUT2D eigenvalue weighted by atomic mass is 9.98. The molecule has 0 amide bonds. The van der Waals surface area contributed by atoms with E-state index in [0.717, 1.165) is 76.9 Å². The molecule has 8 nitrogen and oxygen atoms in total. The number of hydrogen-bond donors (Lipinski definition) is 0. The predicted octanol–water partition coefficient (Wildman–Crippen LogP) is 2.13. The minimum atomic E-state index is 0. The predicted molar refractivity (Wildman–Crippen MR) is 122 cm³/mol. The summed E-state index contributed by atoms with van der Waals surface area (Å²) in [5.41, 5.74) is 2.57. The molecule has 9 heteroatoms. The molecule has 0 aliphatic carbocycles. The van der Waals surface area contributed by atoms with Crippen LogP contribution in [0.4, 0.5) is 11.6 Å². The molecule has 0 bridgehead atoms. The van der Waals surface area contributed by atoms with Crippen molar-refractivity contribution < 1.29 is 4.74 Å². The second-order valence-electron chi connectivity index (χ2n) is 8.23. The first-order valence-electron chi connectivity index (χ1n) is 10.7. The fourth-order valence-electron chi connectivity index (χ4n) is 4.37. The topological polar surface area (TPSA) is 62.6 Å². The number of ether oxygens (including phenoxy) is 1. The number of nitrogens with zero attached hydrogens (tertiary/aromatic N) is 7. The third-order valence-electron chi connectivity index (χ3n) is 6.38. The summed E-state index contributed by atoms with van der Waals surface area (Å²) >= 11 is 0. The van der Waals surface area contributed by atoms with Gasteiger partial charge in [0.2, 0.25) is 0 Å². The molecule has 166 valence electrons. The fourth-order valence-corrected chi connectivity index (χ4v) is 4.37. The Bertz CT molecular complexity index is 798. The van der Waals surface area contributed by atoms with Crippen molar-refractivity contribution in [2.75, 3.05) is 62.8 Å². The van der Waals surface area contributed by atoms with Gasteiger partial charge in [0.25, 0.3) is 0 Å². The molecule has 2 saturated heterocycles. The number of halogens is 1. The zero-order valence-electron chi connectivity index (χ0n) is 18.3. The number of hydrogen-bond acceptors (Lipinski definition) is 7. The molecule has 2 aliphatic rings. The van der Waals surface area contributed by atoms with Gasteiger partial charge in [-0.05, 0) is 25.7 Å². The van der Waals surface area contributed by atoms with E-state index in [-0.39, 0.29) is 12.4 Å². The third kappa shape index (κ3) is 5.04. The van der Waals surface area contributed by atoms with Gasteiger partial charge >= 0.3 is 0 Å². The summed E-state index contributed by atoms with van der Waals surface area (Å²) in [6.45, 7) is 10.0. The quantitative estimate of drug-likeness (QED) is 0.688. The van der Waals surface area contributed by atoms with Crippen LogP contribution in [0.1, 0.15) is 24.1 Å². The van der Waals surface area contributed by atoms with E-state index in [0.29, 0.717) is 5.92 Å². The third-order valence-corrected chi connectivity index (χ3v) is 6.38. The molecule has 2 aromatic rings. The van der Waals surface area contributed by atoms with E-state index >= 15 is 0 Å². The molecule has 2 aromatic heterocycles. The molecule has 0 unspecified atom stereocenters. The smallest absolute Gasteiger partial charge is 0.172 e. The molecule has 0 N–H and O–H groups in total. The minimum absolute atomic E-state index is 0. The normalized spacial score (nSPS) is 18.5. The van der Waals surface area contributed by atoms with E-state index < -0.39 is 0 Å². The number of aromatic nitrogens is 4. The maximum atomic E-state index is 5.34. The summed E-state index contributed by atoms with van der Waals surface area (Å²) in [6, 6.07) is 0. The molecule has 0 aromatic carbocycles. The number of piperazine rings is 1. The van der Waals surface area contributed by atoms with Crippen molar-refractivity contribution >= 4 is 24.0 Å². The molecule has 4 rings (SSSR count). The van der Waals surface area contributed by atoms with Gasteiger partial charge in [0, 0.05) is 90.2 Å². The van der Waals surface area contributed by atoms with E-state index in [2.05, 4.69) is 26.7 Å². The van der Waals surface area contributed by atoms with Gasteiger partial charge < -0.3 is 14.5 Å². The van der Waals surface area contributed by atoms with Crippen LogP contribution in [0.25, 0.3) is 0 Å². The Labute approximate surface area is 185 Å². The van der Waals surface area contributed by atoms with Crippen molar-refractivity contribution in [1.29, 1.82) is 0 Å². The molecular weight excluding hydrogens is 402 g/mol. The maximum absolute atomic E-state index is 5.34. The summed E-state index contributed by atoms with van der Waals surface area (Å²) in [6.07, 6.45) is 7.95. The van der Waals surface area contributed by atoms with Crippen LogP contribution in [-0.4, -0.2) is 77.6 Å². The van der Waals surface area contributed by atoms with Gasteiger partial charge in [-0.15, -0.1) is 12.4 Å². The first-order chi connectivity index (χ1) is 14.2. The van der Waals surface area contributed by atoms with Gasteiger partial charge in [-0.2, -0.15) is 5.10 Å². The summed E-state index contributed by atoms with van der Waals surface area (Å²) in [4.78, 5) is 16.7. The van der Waals surface area contributed by atoms with Crippen LogP contribution in [0.5, 0.6) is 0 Å². The van der Waals surface area contributed by atoms with Crippen LogP contribution in [0, 0.1) is 12.8 Å². The molecule has 30 heavy (non-hydrogen) atoms. The molecule has 2 aliphatic heterocycles. The van der Waals surface area contributed by atoms with Crippen molar-refractivity contribution in [3.05, 3.63) is 29.8 Å². The Balaban J connectivity index is 0.00000256. The highest BCUT2D eigenvalue weighted by Crippen LogP contribution is 2.29. The highest BCUT2D eigenvalue weighted by molar-refractivity contribution is 5.85. The molecular formula is C21H34ClN7O.